The number of hydrogen-bond donors (Lipinski definition) is 0. The van der Waals surface area contributed by atoms with E-state index in [1.807, 2.05) is 47.3 Å². The Morgan fingerprint density at radius 1 is 1.11 bits per heavy atom. The Hall–Kier alpha value is -3.25. The normalized spacial score (nSPS) is 14.5. The van der Waals surface area contributed by atoms with Crippen LogP contribution in [-0.4, -0.2) is 51.9 Å². The number of pyridine rings is 1. The molecule has 0 unspecified atom stereocenters. The van der Waals surface area contributed by atoms with Gasteiger partial charge in [-0.05, 0) is 23.8 Å². The first-order valence-corrected chi connectivity index (χ1v) is 9.36. The van der Waals surface area contributed by atoms with Crippen molar-refractivity contribution in [3.05, 3.63) is 78.3 Å². The lowest BCUT2D eigenvalue weighted by molar-refractivity contribution is -0.129. The third-order valence-electron chi connectivity index (χ3n) is 4.64. The van der Waals surface area contributed by atoms with Crippen LogP contribution in [0, 0.1) is 0 Å². The van der Waals surface area contributed by atoms with E-state index in [9.17, 15) is 4.79 Å². The lowest BCUT2D eigenvalue weighted by atomic mass is 10.1. The van der Waals surface area contributed by atoms with Gasteiger partial charge in [-0.2, -0.15) is 5.10 Å². The van der Waals surface area contributed by atoms with E-state index < -0.39 is 0 Å². The lowest BCUT2D eigenvalue weighted by Gasteiger charge is -2.25. The molecule has 6 heteroatoms. The minimum atomic E-state index is -0.00348. The van der Waals surface area contributed by atoms with Gasteiger partial charge >= 0.3 is 0 Å². The third-order valence-corrected chi connectivity index (χ3v) is 4.64. The average Bonchev–Trinajstić information content (AvgIpc) is 3.16. The van der Waals surface area contributed by atoms with Crippen molar-refractivity contribution in [2.24, 2.45) is 0 Å². The first kappa shape index (κ1) is 18.1. The second kappa shape index (κ2) is 8.63. The highest BCUT2D eigenvalue weighted by atomic mass is 16.5. The van der Waals surface area contributed by atoms with Gasteiger partial charge in [-0.3, -0.25) is 14.5 Å². The Kier molecular flexibility index (Phi) is 5.58. The molecule has 3 heterocycles. The second-order valence-electron chi connectivity index (χ2n) is 6.63. The van der Waals surface area contributed by atoms with Crippen LogP contribution < -0.4 is 0 Å². The quantitative estimate of drug-likeness (QED) is 0.645. The first-order valence-electron chi connectivity index (χ1n) is 9.36. The molecule has 0 N–H and O–H groups in total. The fraction of sp³-hybridized carbons (Fsp3) is 0.227. The standard InChI is InChI=1S/C22H22N4O2/c27-21(25-11-13-28-14-12-25)9-8-20-17-26(16-18-5-2-1-3-6-18)24-22(20)19-7-4-10-23-15-19/h1-10,15,17H,11-14,16H2/b9-8+. The molecule has 0 radical (unpaired) electrons. The van der Waals surface area contributed by atoms with Crippen molar-refractivity contribution in [1.29, 1.82) is 0 Å². The first-order chi connectivity index (χ1) is 13.8. The van der Waals surface area contributed by atoms with E-state index in [0.717, 1.165) is 16.8 Å². The third kappa shape index (κ3) is 4.35. The van der Waals surface area contributed by atoms with Gasteiger partial charge in [0.25, 0.3) is 0 Å². The molecular formula is C22H22N4O2. The number of nitrogens with zero attached hydrogens (tertiary/aromatic N) is 4. The van der Waals surface area contributed by atoms with Gasteiger partial charge in [0.1, 0.15) is 5.69 Å². The molecular weight excluding hydrogens is 352 g/mol. The van der Waals surface area contributed by atoms with E-state index >= 15 is 0 Å². The molecule has 0 aliphatic carbocycles. The maximum absolute atomic E-state index is 12.5. The number of rotatable bonds is 5. The van der Waals surface area contributed by atoms with Gasteiger partial charge in [-0.1, -0.05) is 30.3 Å². The van der Waals surface area contributed by atoms with Gasteiger partial charge in [0.15, 0.2) is 0 Å². The van der Waals surface area contributed by atoms with Crippen molar-refractivity contribution in [3.63, 3.8) is 0 Å². The summed E-state index contributed by atoms with van der Waals surface area (Å²) in [6, 6.07) is 14.0. The predicted molar refractivity (Wildman–Crippen MR) is 107 cm³/mol. The predicted octanol–water partition coefficient (Wildman–Crippen LogP) is 2.87. The summed E-state index contributed by atoms with van der Waals surface area (Å²) in [5, 5.41) is 4.75. The van der Waals surface area contributed by atoms with Crippen LogP contribution in [0.5, 0.6) is 0 Å². The van der Waals surface area contributed by atoms with E-state index in [-0.39, 0.29) is 5.91 Å². The average molecular weight is 374 g/mol. The molecule has 0 spiro atoms. The summed E-state index contributed by atoms with van der Waals surface area (Å²) in [6.45, 7) is 3.11. The minimum Gasteiger partial charge on any atom is -0.378 e. The number of carbonyl (C=O) groups excluding carboxylic acids is 1. The fourth-order valence-electron chi connectivity index (χ4n) is 3.19. The Bertz CT molecular complexity index is 945. The number of carbonyl (C=O) groups is 1. The van der Waals surface area contributed by atoms with Crippen molar-refractivity contribution in [3.8, 4) is 11.3 Å². The summed E-state index contributed by atoms with van der Waals surface area (Å²) in [5.41, 5.74) is 3.80. The Morgan fingerprint density at radius 3 is 2.68 bits per heavy atom. The molecule has 0 saturated carbocycles. The summed E-state index contributed by atoms with van der Waals surface area (Å²) in [6.07, 6.45) is 8.96. The van der Waals surface area contributed by atoms with Gasteiger partial charge in [0, 0.05) is 48.9 Å². The highest BCUT2D eigenvalue weighted by Gasteiger charge is 2.15. The van der Waals surface area contributed by atoms with Gasteiger partial charge < -0.3 is 9.64 Å². The minimum absolute atomic E-state index is 0.00348. The topological polar surface area (TPSA) is 60.2 Å². The zero-order valence-corrected chi connectivity index (χ0v) is 15.6. The molecule has 28 heavy (non-hydrogen) atoms. The van der Waals surface area contributed by atoms with Crippen LogP contribution in [0.2, 0.25) is 0 Å². The van der Waals surface area contributed by atoms with Gasteiger partial charge in [0.05, 0.1) is 19.8 Å². The molecule has 1 aliphatic heterocycles. The molecule has 0 bridgehead atoms. The molecule has 2 aromatic heterocycles. The Morgan fingerprint density at radius 2 is 1.93 bits per heavy atom. The number of hydrogen-bond acceptors (Lipinski definition) is 4. The molecule has 6 nitrogen and oxygen atoms in total. The van der Waals surface area contributed by atoms with E-state index in [0.29, 0.717) is 32.8 Å². The van der Waals surface area contributed by atoms with Crippen molar-refractivity contribution in [1.82, 2.24) is 19.7 Å². The van der Waals surface area contributed by atoms with Crippen LogP contribution in [0.15, 0.2) is 67.1 Å². The summed E-state index contributed by atoms with van der Waals surface area (Å²) in [7, 11) is 0. The second-order valence-corrected chi connectivity index (χ2v) is 6.63. The van der Waals surface area contributed by atoms with Crippen LogP contribution >= 0.6 is 0 Å². The van der Waals surface area contributed by atoms with Crippen molar-refractivity contribution in [2.75, 3.05) is 26.3 Å². The number of morpholine rings is 1. The maximum Gasteiger partial charge on any atom is 0.246 e. The SMILES string of the molecule is O=C(/C=C/c1cn(Cc2ccccc2)nc1-c1cccnc1)N1CCOCC1. The lowest BCUT2D eigenvalue weighted by Crippen LogP contribution is -2.39. The summed E-state index contributed by atoms with van der Waals surface area (Å²) in [4.78, 5) is 18.5. The highest BCUT2D eigenvalue weighted by molar-refractivity contribution is 5.92. The molecule has 0 atom stereocenters. The Labute approximate surface area is 164 Å². The van der Waals surface area contributed by atoms with Gasteiger partial charge in [-0.25, -0.2) is 0 Å². The largest absolute Gasteiger partial charge is 0.378 e. The monoisotopic (exact) mass is 374 g/mol. The van der Waals surface area contributed by atoms with Crippen LogP contribution in [0.1, 0.15) is 11.1 Å². The van der Waals surface area contributed by atoms with Crippen molar-refractivity contribution < 1.29 is 9.53 Å². The molecule has 1 amide bonds. The molecule has 1 saturated heterocycles. The highest BCUT2D eigenvalue weighted by Crippen LogP contribution is 2.23. The van der Waals surface area contributed by atoms with Gasteiger partial charge in [-0.15, -0.1) is 0 Å². The molecule has 3 aromatic rings. The van der Waals surface area contributed by atoms with Crippen LogP contribution in [-0.2, 0) is 16.1 Å². The summed E-state index contributed by atoms with van der Waals surface area (Å²) < 4.78 is 7.21. The molecule has 142 valence electrons. The molecule has 4 rings (SSSR count). The number of ether oxygens (including phenoxy) is 1. The van der Waals surface area contributed by atoms with Crippen molar-refractivity contribution >= 4 is 12.0 Å². The van der Waals surface area contributed by atoms with E-state index in [1.165, 1.54) is 5.56 Å². The number of amides is 1. The zero-order chi connectivity index (χ0) is 19.2. The Balaban J connectivity index is 1.60. The summed E-state index contributed by atoms with van der Waals surface area (Å²) in [5.74, 6) is -0.00348. The van der Waals surface area contributed by atoms with Crippen LogP contribution in [0.3, 0.4) is 0 Å². The number of aromatic nitrogens is 3. The maximum atomic E-state index is 12.5. The molecule has 1 fully saturated rings. The van der Waals surface area contributed by atoms with E-state index in [1.54, 1.807) is 23.4 Å². The fourth-order valence-corrected chi connectivity index (χ4v) is 3.19. The van der Waals surface area contributed by atoms with Crippen molar-refractivity contribution in [2.45, 2.75) is 6.54 Å². The van der Waals surface area contributed by atoms with Crippen LogP contribution in [0.25, 0.3) is 17.3 Å². The van der Waals surface area contributed by atoms with Crippen LogP contribution in [0.4, 0.5) is 0 Å². The molecule has 1 aromatic carbocycles. The zero-order valence-electron chi connectivity index (χ0n) is 15.6. The summed E-state index contributed by atoms with van der Waals surface area (Å²) >= 11 is 0. The smallest absolute Gasteiger partial charge is 0.246 e. The number of benzene rings is 1. The van der Waals surface area contributed by atoms with Gasteiger partial charge in [0.2, 0.25) is 5.91 Å². The van der Waals surface area contributed by atoms with E-state index in [4.69, 9.17) is 9.84 Å². The van der Waals surface area contributed by atoms with E-state index in [2.05, 4.69) is 17.1 Å². The molecule has 1 aliphatic rings.